The topological polar surface area (TPSA) is 51.7 Å². The molecule has 0 aliphatic rings. The van der Waals surface area contributed by atoms with E-state index < -0.39 is 0 Å². The van der Waals surface area contributed by atoms with E-state index in [1.807, 2.05) is 67.8 Å². The molecule has 156 valence electrons. The molecule has 3 rings (SSSR count). The van der Waals surface area contributed by atoms with Crippen molar-refractivity contribution in [1.82, 2.24) is 9.88 Å². The van der Waals surface area contributed by atoms with Crippen molar-refractivity contribution in [3.05, 3.63) is 81.8 Å². The van der Waals surface area contributed by atoms with Gasteiger partial charge in [0.2, 0.25) is 5.91 Å². The standard InChI is InChI=1S/C24H26N2O3S/c1-18-8-11-22(12-9-18)28-15-14-26(3)24(27)13-10-20-6-4-5-7-23(20)29-16-21-17-30-19(2)25-21/h4-13,17H,14-16H2,1-3H3/b13-10+. The first-order chi connectivity index (χ1) is 14.5. The zero-order valence-electron chi connectivity index (χ0n) is 17.5. The van der Waals surface area contributed by atoms with Gasteiger partial charge in [0.05, 0.1) is 17.2 Å². The van der Waals surface area contributed by atoms with Crippen LogP contribution >= 0.6 is 11.3 Å². The molecular formula is C24H26N2O3S. The van der Waals surface area contributed by atoms with Gasteiger partial charge in [-0.05, 0) is 38.1 Å². The van der Waals surface area contributed by atoms with E-state index in [4.69, 9.17) is 9.47 Å². The number of aromatic nitrogens is 1. The van der Waals surface area contributed by atoms with E-state index in [2.05, 4.69) is 4.98 Å². The molecule has 0 unspecified atom stereocenters. The van der Waals surface area contributed by atoms with Crippen LogP contribution in [0.2, 0.25) is 0 Å². The second-order valence-electron chi connectivity index (χ2n) is 6.94. The van der Waals surface area contributed by atoms with Crippen LogP contribution in [0.25, 0.3) is 6.08 Å². The molecule has 6 heteroatoms. The summed E-state index contributed by atoms with van der Waals surface area (Å²) in [5.41, 5.74) is 2.94. The van der Waals surface area contributed by atoms with Gasteiger partial charge in [0, 0.05) is 24.1 Å². The Morgan fingerprint density at radius 1 is 1.10 bits per heavy atom. The Kier molecular flexibility index (Phi) is 7.63. The minimum atomic E-state index is -0.0903. The van der Waals surface area contributed by atoms with Crippen molar-refractivity contribution in [1.29, 1.82) is 0 Å². The van der Waals surface area contributed by atoms with Gasteiger partial charge in [0.15, 0.2) is 0 Å². The molecule has 1 heterocycles. The first-order valence-electron chi connectivity index (χ1n) is 9.77. The predicted octanol–water partition coefficient (Wildman–Crippen LogP) is 4.89. The highest BCUT2D eigenvalue weighted by atomic mass is 32.1. The van der Waals surface area contributed by atoms with Gasteiger partial charge in [0.1, 0.15) is 24.7 Å². The molecule has 30 heavy (non-hydrogen) atoms. The van der Waals surface area contributed by atoms with E-state index in [0.717, 1.165) is 27.8 Å². The molecule has 1 amide bonds. The molecule has 1 aromatic heterocycles. The number of aryl methyl sites for hydroxylation is 2. The molecule has 0 aliphatic heterocycles. The fraction of sp³-hybridized carbons (Fsp3) is 0.250. The highest BCUT2D eigenvalue weighted by molar-refractivity contribution is 7.09. The number of hydrogen-bond acceptors (Lipinski definition) is 5. The Hall–Kier alpha value is -3.12. The van der Waals surface area contributed by atoms with Crippen LogP contribution in [0.15, 0.2) is 60.0 Å². The molecule has 0 spiro atoms. The van der Waals surface area contributed by atoms with Crippen molar-refractivity contribution in [3.63, 3.8) is 0 Å². The van der Waals surface area contributed by atoms with Crippen molar-refractivity contribution in [3.8, 4) is 11.5 Å². The minimum absolute atomic E-state index is 0.0903. The van der Waals surface area contributed by atoms with Crippen molar-refractivity contribution in [2.75, 3.05) is 20.2 Å². The fourth-order valence-electron chi connectivity index (χ4n) is 2.71. The van der Waals surface area contributed by atoms with Crippen LogP contribution in [-0.2, 0) is 11.4 Å². The van der Waals surface area contributed by atoms with E-state index in [-0.39, 0.29) is 5.91 Å². The largest absolute Gasteiger partial charge is 0.492 e. The first-order valence-corrected chi connectivity index (χ1v) is 10.6. The van der Waals surface area contributed by atoms with E-state index in [1.54, 1.807) is 35.4 Å². The number of benzene rings is 2. The lowest BCUT2D eigenvalue weighted by Gasteiger charge is -2.16. The van der Waals surface area contributed by atoms with Crippen LogP contribution in [0.5, 0.6) is 11.5 Å². The molecule has 2 aromatic carbocycles. The van der Waals surface area contributed by atoms with Crippen LogP contribution in [0.4, 0.5) is 0 Å². The number of hydrogen-bond donors (Lipinski definition) is 0. The molecule has 0 radical (unpaired) electrons. The number of para-hydroxylation sites is 1. The van der Waals surface area contributed by atoms with Gasteiger partial charge in [-0.1, -0.05) is 35.9 Å². The number of likely N-dealkylation sites (N-methyl/N-ethyl adjacent to an activating group) is 1. The van der Waals surface area contributed by atoms with E-state index in [0.29, 0.717) is 19.8 Å². The minimum Gasteiger partial charge on any atom is -0.492 e. The first kappa shape index (κ1) is 21.6. The zero-order valence-corrected chi connectivity index (χ0v) is 18.3. The number of carbonyl (C=O) groups excluding carboxylic acids is 1. The molecule has 0 N–H and O–H groups in total. The summed E-state index contributed by atoms with van der Waals surface area (Å²) in [6, 6.07) is 15.5. The van der Waals surface area contributed by atoms with Crippen molar-refractivity contribution < 1.29 is 14.3 Å². The molecular weight excluding hydrogens is 396 g/mol. The van der Waals surface area contributed by atoms with Gasteiger partial charge >= 0.3 is 0 Å². The quantitative estimate of drug-likeness (QED) is 0.461. The maximum atomic E-state index is 12.4. The van der Waals surface area contributed by atoms with Crippen molar-refractivity contribution >= 4 is 23.3 Å². The lowest BCUT2D eigenvalue weighted by molar-refractivity contribution is -0.125. The summed E-state index contributed by atoms with van der Waals surface area (Å²) in [5.74, 6) is 1.43. The highest BCUT2D eigenvalue weighted by Gasteiger charge is 2.07. The van der Waals surface area contributed by atoms with Gasteiger partial charge in [-0.15, -0.1) is 11.3 Å². The number of carbonyl (C=O) groups is 1. The molecule has 0 aliphatic carbocycles. The average Bonchev–Trinajstić information content (AvgIpc) is 3.17. The number of thiazole rings is 1. The summed E-state index contributed by atoms with van der Waals surface area (Å²) in [6.45, 7) is 5.34. The van der Waals surface area contributed by atoms with E-state index in [9.17, 15) is 4.79 Å². The lowest BCUT2D eigenvalue weighted by atomic mass is 10.2. The second-order valence-corrected chi connectivity index (χ2v) is 8.00. The molecule has 0 atom stereocenters. The number of amides is 1. The Morgan fingerprint density at radius 2 is 1.87 bits per heavy atom. The smallest absolute Gasteiger partial charge is 0.246 e. The summed E-state index contributed by atoms with van der Waals surface area (Å²) in [5, 5.41) is 3.01. The highest BCUT2D eigenvalue weighted by Crippen LogP contribution is 2.21. The summed E-state index contributed by atoms with van der Waals surface area (Å²) in [4.78, 5) is 18.5. The maximum Gasteiger partial charge on any atom is 0.246 e. The Bertz CT molecular complexity index is 996. The summed E-state index contributed by atoms with van der Waals surface area (Å²) in [7, 11) is 1.76. The molecule has 5 nitrogen and oxygen atoms in total. The van der Waals surface area contributed by atoms with Crippen LogP contribution < -0.4 is 9.47 Å². The maximum absolute atomic E-state index is 12.4. The van der Waals surface area contributed by atoms with E-state index >= 15 is 0 Å². The monoisotopic (exact) mass is 422 g/mol. The number of rotatable bonds is 9. The Morgan fingerprint density at radius 3 is 2.60 bits per heavy atom. The van der Waals surface area contributed by atoms with Crippen molar-refractivity contribution in [2.24, 2.45) is 0 Å². The van der Waals surface area contributed by atoms with Gasteiger partial charge in [-0.2, -0.15) is 0 Å². The molecule has 0 saturated heterocycles. The van der Waals surface area contributed by atoms with Gasteiger partial charge < -0.3 is 14.4 Å². The Labute approximate surface area is 181 Å². The van der Waals surface area contributed by atoms with Crippen molar-refractivity contribution in [2.45, 2.75) is 20.5 Å². The molecule has 3 aromatic rings. The van der Waals surface area contributed by atoms with Crippen LogP contribution in [0.1, 0.15) is 21.8 Å². The zero-order chi connectivity index (χ0) is 21.3. The van der Waals surface area contributed by atoms with Gasteiger partial charge in [-0.3, -0.25) is 4.79 Å². The third-order valence-corrected chi connectivity index (χ3v) is 5.28. The predicted molar refractivity (Wildman–Crippen MR) is 121 cm³/mol. The SMILES string of the molecule is Cc1ccc(OCCN(C)C(=O)/C=C/c2ccccc2OCc2csc(C)n2)cc1. The van der Waals surface area contributed by atoms with Crippen LogP contribution in [0.3, 0.4) is 0 Å². The van der Waals surface area contributed by atoms with Gasteiger partial charge in [0.25, 0.3) is 0 Å². The lowest BCUT2D eigenvalue weighted by Crippen LogP contribution is -2.29. The summed E-state index contributed by atoms with van der Waals surface area (Å²) in [6.07, 6.45) is 3.34. The fourth-order valence-corrected chi connectivity index (χ4v) is 3.31. The summed E-state index contributed by atoms with van der Waals surface area (Å²) >= 11 is 1.60. The number of ether oxygens (including phenoxy) is 2. The van der Waals surface area contributed by atoms with Crippen LogP contribution in [-0.4, -0.2) is 36.0 Å². The van der Waals surface area contributed by atoms with E-state index in [1.165, 1.54) is 5.56 Å². The molecule has 0 bridgehead atoms. The summed E-state index contributed by atoms with van der Waals surface area (Å²) < 4.78 is 11.6. The third-order valence-electron chi connectivity index (χ3n) is 4.46. The second kappa shape index (κ2) is 10.6. The number of nitrogens with zero attached hydrogens (tertiary/aromatic N) is 2. The van der Waals surface area contributed by atoms with Crippen LogP contribution in [0, 0.1) is 13.8 Å². The molecule has 0 fully saturated rings. The molecule has 0 saturated carbocycles. The third kappa shape index (κ3) is 6.46. The normalized spacial score (nSPS) is 10.9. The van der Waals surface area contributed by atoms with Gasteiger partial charge in [-0.25, -0.2) is 4.98 Å². The average molecular weight is 423 g/mol. The Balaban J connectivity index is 1.51.